The van der Waals surface area contributed by atoms with Gasteiger partial charge in [0.1, 0.15) is 0 Å². The molecule has 0 radical (unpaired) electrons. The molecule has 92 valence electrons. The summed E-state index contributed by atoms with van der Waals surface area (Å²) < 4.78 is 12.9. The van der Waals surface area contributed by atoms with E-state index in [-0.39, 0.29) is 17.4 Å². The van der Waals surface area contributed by atoms with Gasteiger partial charge in [-0.3, -0.25) is 4.79 Å². The van der Waals surface area contributed by atoms with Gasteiger partial charge in [0, 0.05) is 23.9 Å². The molecule has 2 rings (SSSR count). The zero-order chi connectivity index (χ0) is 12.5. The number of nitrogens with one attached hydrogen (secondary N) is 1. The first-order valence-corrected chi connectivity index (χ1v) is 5.91. The van der Waals surface area contributed by atoms with Gasteiger partial charge in [-0.15, -0.1) is 0 Å². The largest absolute Gasteiger partial charge is 0.349 e. The summed E-state index contributed by atoms with van der Waals surface area (Å²) in [6.07, 6.45) is 4.54. The van der Waals surface area contributed by atoms with E-state index in [2.05, 4.69) is 24.1 Å². The smallest absolute Gasteiger partial charge is 0.251 e. The van der Waals surface area contributed by atoms with Crippen LogP contribution >= 0.6 is 0 Å². The normalized spacial score (nSPS) is 22.4. The highest BCUT2D eigenvalue weighted by molar-refractivity contribution is 5.94. The molecule has 0 bridgehead atoms. The summed E-state index contributed by atoms with van der Waals surface area (Å²) in [5.41, 5.74) is 0.460. The van der Waals surface area contributed by atoms with Crippen LogP contribution < -0.4 is 5.32 Å². The average molecular weight is 236 g/mol. The summed E-state index contributed by atoms with van der Waals surface area (Å²) in [4.78, 5) is 15.4. The fraction of sp³-hybridized carbons (Fsp3) is 0.538. The maximum absolute atomic E-state index is 12.9. The van der Waals surface area contributed by atoms with Crippen LogP contribution in [-0.4, -0.2) is 16.9 Å². The van der Waals surface area contributed by atoms with Crippen LogP contribution in [0, 0.1) is 11.4 Å². The number of nitrogens with zero attached hydrogens (tertiary/aromatic N) is 1. The fourth-order valence-corrected chi connectivity index (χ4v) is 2.38. The van der Waals surface area contributed by atoms with E-state index in [0.29, 0.717) is 5.56 Å². The molecule has 1 saturated carbocycles. The zero-order valence-electron chi connectivity index (χ0n) is 10.2. The van der Waals surface area contributed by atoms with Crippen molar-refractivity contribution in [3.05, 3.63) is 29.8 Å². The third-order valence-electron chi connectivity index (χ3n) is 3.55. The van der Waals surface area contributed by atoms with Gasteiger partial charge in [0.25, 0.3) is 5.91 Å². The zero-order valence-corrected chi connectivity index (χ0v) is 10.2. The summed E-state index contributed by atoms with van der Waals surface area (Å²) in [5.74, 6) is -0.838. The molecule has 1 aliphatic rings. The third-order valence-corrected chi connectivity index (χ3v) is 3.55. The van der Waals surface area contributed by atoms with Gasteiger partial charge in [0.15, 0.2) is 0 Å². The van der Waals surface area contributed by atoms with E-state index < -0.39 is 5.95 Å². The van der Waals surface area contributed by atoms with Crippen molar-refractivity contribution in [3.63, 3.8) is 0 Å². The Hall–Kier alpha value is -1.45. The van der Waals surface area contributed by atoms with E-state index >= 15 is 0 Å². The van der Waals surface area contributed by atoms with Crippen LogP contribution in [0.5, 0.6) is 0 Å². The second-order valence-corrected chi connectivity index (χ2v) is 5.27. The van der Waals surface area contributed by atoms with Crippen LogP contribution in [0.1, 0.15) is 43.5 Å². The molecule has 1 fully saturated rings. The summed E-state index contributed by atoms with van der Waals surface area (Å²) >= 11 is 0. The fourth-order valence-electron chi connectivity index (χ4n) is 2.38. The minimum atomic E-state index is -0.622. The molecule has 1 aliphatic carbocycles. The van der Waals surface area contributed by atoms with Crippen LogP contribution in [0.4, 0.5) is 4.39 Å². The average Bonchev–Trinajstić information content (AvgIpc) is 2.58. The number of carbonyl (C=O) groups excluding carboxylic acids is 1. The highest BCUT2D eigenvalue weighted by Crippen LogP contribution is 2.37. The molecule has 0 aromatic carbocycles. The van der Waals surface area contributed by atoms with E-state index in [0.717, 1.165) is 25.3 Å². The topological polar surface area (TPSA) is 42.0 Å². The Balaban J connectivity index is 2.07. The Bertz CT molecular complexity index is 431. The highest BCUT2D eigenvalue weighted by Gasteiger charge is 2.35. The Morgan fingerprint density at radius 3 is 2.94 bits per heavy atom. The van der Waals surface area contributed by atoms with Crippen LogP contribution in [0.2, 0.25) is 0 Å². The standard InChI is InChI=1S/C13H17FN2O/c1-13(2)6-3-4-10(13)16-12(17)9-5-7-15-11(14)8-9/h5,7-8,10H,3-4,6H2,1-2H3,(H,16,17). The third kappa shape index (κ3) is 2.62. The monoisotopic (exact) mass is 236 g/mol. The van der Waals surface area contributed by atoms with Crippen molar-refractivity contribution in [2.45, 2.75) is 39.2 Å². The first-order valence-electron chi connectivity index (χ1n) is 5.91. The number of rotatable bonds is 2. The maximum atomic E-state index is 12.9. The Kier molecular flexibility index (Phi) is 3.13. The molecule has 1 aromatic rings. The van der Waals surface area contributed by atoms with Gasteiger partial charge in [0.05, 0.1) is 0 Å². The van der Waals surface area contributed by atoms with E-state index in [1.54, 1.807) is 0 Å². The number of halogens is 1. The lowest BCUT2D eigenvalue weighted by Gasteiger charge is -2.27. The number of carbonyl (C=O) groups is 1. The lowest BCUT2D eigenvalue weighted by molar-refractivity contribution is 0.0909. The van der Waals surface area contributed by atoms with Crippen LogP contribution in [0.15, 0.2) is 18.3 Å². The molecule has 1 amide bonds. The van der Waals surface area contributed by atoms with Gasteiger partial charge in [-0.1, -0.05) is 20.3 Å². The lowest BCUT2D eigenvalue weighted by atomic mass is 9.87. The minimum Gasteiger partial charge on any atom is -0.349 e. The van der Waals surface area contributed by atoms with E-state index in [1.165, 1.54) is 12.3 Å². The summed E-state index contributed by atoms with van der Waals surface area (Å²) in [7, 11) is 0. The molecule has 4 heteroatoms. The predicted octanol–water partition coefficient (Wildman–Crippen LogP) is 2.53. The molecule has 1 unspecified atom stereocenters. The molecule has 0 aliphatic heterocycles. The molecular formula is C13H17FN2O. The van der Waals surface area contributed by atoms with Crippen molar-refractivity contribution in [1.82, 2.24) is 10.3 Å². The van der Waals surface area contributed by atoms with Crippen molar-refractivity contribution < 1.29 is 9.18 Å². The van der Waals surface area contributed by atoms with E-state index in [4.69, 9.17) is 0 Å². The van der Waals surface area contributed by atoms with Gasteiger partial charge in [-0.25, -0.2) is 4.98 Å². The Morgan fingerprint density at radius 1 is 1.59 bits per heavy atom. The number of hydrogen-bond donors (Lipinski definition) is 1. The molecule has 0 saturated heterocycles. The molecule has 1 heterocycles. The molecule has 1 atom stereocenters. The summed E-state index contributed by atoms with van der Waals surface area (Å²) in [6.45, 7) is 4.30. The van der Waals surface area contributed by atoms with Crippen molar-refractivity contribution in [1.29, 1.82) is 0 Å². The van der Waals surface area contributed by atoms with Crippen LogP contribution in [0.3, 0.4) is 0 Å². The Labute approximate surface area is 100 Å². The van der Waals surface area contributed by atoms with Gasteiger partial charge in [0.2, 0.25) is 5.95 Å². The quantitative estimate of drug-likeness (QED) is 0.802. The molecular weight excluding hydrogens is 219 g/mol. The summed E-state index contributed by atoms with van der Waals surface area (Å²) in [6, 6.07) is 2.86. The van der Waals surface area contributed by atoms with Crippen molar-refractivity contribution in [2.24, 2.45) is 5.41 Å². The molecule has 0 spiro atoms. The van der Waals surface area contributed by atoms with Crippen LogP contribution in [0.25, 0.3) is 0 Å². The van der Waals surface area contributed by atoms with Gasteiger partial charge < -0.3 is 5.32 Å². The van der Waals surface area contributed by atoms with Crippen LogP contribution in [-0.2, 0) is 0 Å². The molecule has 1 aromatic heterocycles. The van der Waals surface area contributed by atoms with Crippen molar-refractivity contribution >= 4 is 5.91 Å². The first-order chi connectivity index (χ1) is 7.99. The number of hydrogen-bond acceptors (Lipinski definition) is 2. The molecule has 3 nitrogen and oxygen atoms in total. The van der Waals surface area contributed by atoms with Gasteiger partial charge in [-0.2, -0.15) is 4.39 Å². The minimum absolute atomic E-state index is 0.126. The maximum Gasteiger partial charge on any atom is 0.251 e. The van der Waals surface area contributed by atoms with E-state index in [1.807, 2.05) is 0 Å². The number of pyridine rings is 1. The number of amides is 1. The van der Waals surface area contributed by atoms with Crippen molar-refractivity contribution in [3.8, 4) is 0 Å². The highest BCUT2D eigenvalue weighted by atomic mass is 19.1. The SMILES string of the molecule is CC1(C)CCCC1NC(=O)c1ccnc(F)c1. The second kappa shape index (κ2) is 4.43. The summed E-state index contributed by atoms with van der Waals surface area (Å²) in [5, 5.41) is 2.98. The predicted molar refractivity (Wildman–Crippen MR) is 63.1 cm³/mol. The molecule has 1 N–H and O–H groups in total. The van der Waals surface area contributed by atoms with E-state index in [9.17, 15) is 9.18 Å². The molecule has 17 heavy (non-hydrogen) atoms. The Morgan fingerprint density at radius 2 is 2.35 bits per heavy atom. The van der Waals surface area contributed by atoms with Gasteiger partial charge in [-0.05, 0) is 24.3 Å². The lowest BCUT2D eigenvalue weighted by Crippen LogP contribution is -2.41. The number of aromatic nitrogens is 1. The second-order valence-electron chi connectivity index (χ2n) is 5.27. The van der Waals surface area contributed by atoms with Crippen molar-refractivity contribution in [2.75, 3.05) is 0 Å². The van der Waals surface area contributed by atoms with Gasteiger partial charge >= 0.3 is 0 Å². The first kappa shape index (κ1) is 12.0.